The van der Waals surface area contributed by atoms with Crippen molar-refractivity contribution in [1.82, 2.24) is 62.1 Å². The second kappa shape index (κ2) is 44.2. The molecule has 0 radical (unpaired) electrons. The van der Waals surface area contributed by atoms with Crippen molar-refractivity contribution in [2.75, 3.05) is 177 Å². The first-order valence-electron chi connectivity index (χ1n) is 32.0. The molecule has 0 saturated heterocycles. The van der Waals surface area contributed by atoms with E-state index in [0.29, 0.717) is 0 Å². The highest BCUT2D eigenvalue weighted by Crippen LogP contribution is 2.22. The number of rotatable bonds is 40. The minimum Gasteiger partial charge on any atom is -0.355 e. The van der Waals surface area contributed by atoms with E-state index in [1.165, 1.54) is 149 Å². The van der Waals surface area contributed by atoms with Crippen molar-refractivity contribution in [2.24, 2.45) is 0 Å². The second-order valence-electron chi connectivity index (χ2n) is 22.4. The SMILES string of the molecule is CNC(=O)c1cc(NC(=O)CSCC(=O)N(C)CCCN(CCCN(CCCN(C)C(=O)CSCC(=O)Nc2cc(C(=O)NC)cc(C(=O)NC)c2)C(=O)CSCC(=O)Nc2cc(C(=O)NC)cc(C(=O)NC)c2)C(=O)CSCC(=O)Nc2cc(C(=O)NC)cc(C(=O)NC)c2)cc(C(=O)NC)c1. The largest absolute Gasteiger partial charge is 0.355 e. The summed E-state index contributed by atoms with van der Waals surface area (Å²) < 4.78 is 0. The molecule has 12 N–H and O–H groups in total. The Labute approximate surface area is 613 Å². The summed E-state index contributed by atoms with van der Waals surface area (Å²) in [6, 6.07) is 16.7. The van der Waals surface area contributed by atoms with Crippen LogP contribution in [0.2, 0.25) is 0 Å². The normalized spacial score (nSPS) is 10.5. The van der Waals surface area contributed by atoms with E-state index in [0.717, 1.165) is 47.0 Å². The van der Waals surface area contributed by atoms with E-state index in [-0.39, 0.29) is 184 Å². The van der Waals surface area contributed by atoms with Crippen molar-refractivity contribution in [1.29, 1.82) is 0 Å². The lowest BCUT2D eigenvalue weighted by Gasteiger charge is -2.28. The molecule has 4 rings (SSSR count). The van der Waals surface area contributed by atoms with E-state index in [4.69, 9.17) is 0 Å². The maximum Gasteiger partial charge on any atom is 0.251 e. The summed E-state index contributed by atoms with van der Waals surface area (Å²) in [4.78, 5) is 214. The highest BCUT2D eigenvalue weighted by Gasteiger charge is 2.23. The molecule has 4 aromatic rings. The molecule has 36 heteroatoms. The van der Waals surface area contributed by atoms with Crippen LogP contribution in [-0.4, -0.2) is 270 Å². The number of carbonyl (C=O) groups is 16. The zero-order valence-electron chi connectivity index (χ0n) is 58.9. The van der Waals surface area contributed by atoms with Crippen LogP contribution in [0.4, 0.5) is 22.7 Å². The maximum absolute atomic E-state index is 14.2. The van der Waals surface area contributed by atoms with E-state index in [1.54, 1.807) is 14.1 Å². The van der Waals surface area contributed by atoms with E-state index in [1.807, 2.05) is 0 Å². The summed E-state index contributed by atoms with van der Waals surface area (Å²) in [5, 5.41) is 30.5. The highest BCUT2D eigenvalue weighted by atomic mass is 32.2. The summed E-state index contributed by atoms with van der Waals surface area (Å²) >= 11 is 4.02. The molecule has 4 aromatic carbocycles. The van der Waals surface area contributed by atoms with Crippen LogP contribution < -0.4 is 63.8 Å². The lowest BCUT2D eigenvalue weighted by molar-refractivity contribution is -0.129. The summed E-state index contributed by atoms with van der Waals surface area (Å²) in [7, 11) is 14.4. The quantitative estimate of drug-likeness (QED) is 0.0297. The van der Waals surface area contributed by atoms with Gasteiger partial charge in [0.05, 0.1) is 46.0 Å². The first-order valence-corrected chi connectivity index (χ1v) is 36.6. The smallest absolute Gasteiger partial charge is 0.251 e. The molecule has 0 unspecified atom stereocenters. The highest BCUT2D eigenvalue weighted by molar-refractivity contribution is 8.01. The molecule has 16 amide bonds. The molecule has 0 aromatic heterocycles. The van der Waals surface area contributed by atoms with Crippen molar-refractivity contribution in [2.45, 2.75) is 19.3 Å². The van der Waals surface area contributed by atoms with Crippen LogP contribution in [0.3, 0.4) is 0 Å². The van der Waals surface area contributed by atoms with Gasteiger partial charge in [0.15, 0.2) is 0 Å². The van der Waals surface area contributed by atoms with Crippen LogP contribution in [0.1, 0.15) is 102 Å². The number of thioether (sulfide) groups is 4. The van der Waals surface area contributed by atoms with Gasteiger partial charge in [-0.3, -0.25) is 76.7 Å². The van der Waals surface area contributed by atoms with Crippen LogP contribution >= 0.6 is 47.0 Å². The molecular formula is C67H88N16O16S4. The molecule has 103 heavy (non-hydrogen) atoms. The van der Waals surface area contributed by atoms with Gasteiger partial charge in [-0.2, -0.15) is 0 Å². The number of hydrogen-bond donors (Lipinski definition) is 12. The van der Waals surface area contributed by atoms with Gasteiger partial charge in [0.1, 0.15) is 0 Å². The average molecular weight is 1500 g/mol. The van der Waals surface area contributed by atoms with Crippen molar-refractivity contribution >= 4 is 164 Å². The third-order valence-corrected chi connectivity index (χ3v) is 18.5. The van der Waals surface area contributed by atoms with E-state index in [9.17, 15) is 76.7 Å². The molecule has 0 fully saturated rings. The van der Waals surface area contributed by atoms with E-state index < -0.39 is 82.7 Å². The molecule has 0 bridgehead atoms. The van der Waals surface area contributed by atoms with Crippen molar-refractivity contribution in [3.8, 4) is 0 Å². The fourth-order valence-electron chi connectivity index (χ4n) is 9.54. The number of amides is 16. The van der Waals surface area contributed by atoms with E-state index >= 15 is 0 Å². The Kier molecular flexibility index (Phi) is 36.6. The average Bonchev–Trinajstić information content (AvgIpc) is 0.857. The lowest BCUT2D eigenvalue weighted by atomic mass is 10.1. The number of hydrogen-bond acceptors (Lipinski definition) is 20. The maximum atomic E-state index is 14.2. The molecule has 0 spiro atoms. The number of anilines is 4. The summed E-state index contributed by atoms with van der Waals surface area (Å²) in [6.45, 7) is 0.668. The topological polar surface area (TPSA) is 430 Å². The molecule has 0 saturated carbocycles. The zero-order chi connectivity index (χ0) is 76.3. The first-order chi connectivity index (χ1) is 49.1. The second-order valence-corrected chi connectivity index (χ2v) is 26.4. The van der Waals surface area contributed by atoms with Crippen molar-refractivity contribution in [3.63, 3.8) is 0 Å². The van der Waals surface area contributed by atoms with Gasteiger partial charge in [-0.25, -0.2) is 0 Å². The fraction of sp³-hybridized carbons (Fsp3) is 0.403. The number of carbonyl (C=O) groups excluding carboxylic acids is 16. The number of nitrogens with zero attached hydrogens (tertiary/aromatic N) is 4. The molecule has 0 atom stereocenters. The molecule has 0 aliphatic heterocycles. The molecule has 0 aliphatic rings. The lowest BCUT2D eigenvalue weighted by Crippen LogP contribution is -2.40. The Bertz CT molecular complexity index is 3430. The summed E-state index contributed by atoms with van der Waals surface area (Å²) in [5.41, 5.74) is 1.67. The summed E-state index contributed by atoms with van der Waals surface area (Å²) in [5.74, 6) is -8.93. The van der Waals surface area contributed by atoms with Gasteiger partial charge in [-0.15, -0.1) is 47.0 Å². The van der Waals surface area contributed by atoms with Gasteiger partial charge in [0, 0.05) is 177 Å². The van der Waals surface area contributed by atoms with Crippen LogP contribution in [0.15, 0.2) is 72.8 Å². The van der Waals surface area contributed by atoms with Gasteiger partial charge in [-0.1, -0.05) is 0 Å². The molecule has 0 heterocycles. The van der Waals surface area contributed by atoms with Crippen molar-refractivity contribution < 1.29 is 76.7 Å². The molecule has 556 valence electrons. The monoisotopic (exact) mass is 1500 g/mol. The molecule has 0 aliphatic carbocycles. The van der Waals surface area contributed by atoms with Gasteiger partial charge >= 0.3 is 0 Å². The number of benzene rings is 4. The van der Waals surface area contributed by atoms with Gasteiger partial charge in [0.2, 0.25) is 47.3 Å². The van der Waals surface area contributed by atoms with Crippen LogP contribution in [-0.2, 0) is 38.4 Å². The van der Waals surface area contributed by atoms with Gasteiger partial charge < -0.3 is 83.4 Å². The predicted molar refractivity (Wildman–Crippen MR) is 399 cm³/mol. The zero-order valence-corrected chi connectivity index (χ0v) is 62.2. The predicted octanol–water partition coefficient (Wildman–Crippen LogP) is 1.10. The Balaban J connectivity index is 1.49. The van der Waals surface area contributed by atoms with Gasteiger partial charge in [-0.05, 0) is 92.1 Å². The minimum absolute atomic E-state index is 0.0732. The van der Waals surface area contributed by atoms with Crippen LogP contribution in [0, 0.1) is 0 Å². The van der Waals surface area contributed by atoms with Crippen molar-refractivity contribution in [3.05, 3.63) is 117 Å². The third-order valence-electron chi connectivity index (χ3n) is 14.9. The van der Waals surface area contributed by atoms with Gasteiger partial charge in [0.25, 0.3) is 47.3 Å². The third kappa shape index (κ3) is 29.0. The van der Waals surface area contributed by atoms with E-state index in [2.05, 4.69) is 63.8 Å². The van der Waals surface area contributed by atoms with Crippen LogP contribution in [0.25, 0.3) is 0 Å². The minimum atomic E-state index is -0.548. The Morgan fingerprint density at radius 1 is 0.252 bits per heavy atom. The Morgan fingerprint density at radius 3 is 0.612 bits per heavy atom. The Hall–Kier alpha value is -10.2. The first kappa shape index (κ1) is 85.2. The Morgan fingerprint density at radius 2 is 0.427 bits per heavy atom. The fourth-order valence-corrected chi connectivity index (χ4v) is 12.5. The number of nitrogens with one attached hydrogen (secondary N) is 12. The standard InChI is InChI=1S/C67H88N16O16S4/c1-68-60(92)40-20-41(61(93)69-2)25-48(24-40)76-52(84)32-100-36-56(88)80(9)14-11-16-82(58(90)38-102-34-54(86)78-50-28-44(64(96)72-5)22-45(29-50)65(97)73-6)18-13-19-83(59(91)39-103-35-55(87)79-51-30-46(66(98)74-7)23-47(31-51)67(99)75-8)17-12-15-81(10)57(89)37-101-33-53(85)77-49-26-42(62(94)70-3)21-43(27-49)63(95)71-4/h20-31H,11-19,32-39H2,1-10H3,(H,68,92)(H,69,93)(H,70,94)(H,71,95)(H,72,96)(H,73,97)(H,74,98)(H,75,99)(H,76,84)(H,77,85)(H,78,86)(H,79,87). The molecule has 32 nitrogen and oxygen atoms in total. The molecular weight excluding hydrogens is 1410 g/mol. The van der Waals surface area contributed by atoms with Crippen LogP contribution in [0.5, 0.6) is 0 Å². The summed E-state index contributed by atoms with van der Waals surface area (Å²) in [6.07, 6.45) is 0.720.